The van der Waals surface area contributed by atoms with E-state index in [0.29, 0.717) is 17.2 Å². The summed E-state index contributed by atoms with van der Waals surface area (Å²) in [5.74, 6) is 1.83. The molecule has 0 atom stereocenters. The third kappa shape index (κ3) is 5.25. The molecule has 150 valence electrons. The van der Waals surface area contributed by atoms with Gasteiger partial charge in [-0.1, -0.05) is 31.2 Å². The molecule has 1 amide bonds. The van der Waals surface area contributed by atoms with Crippen LogP contribution in [0.15, 0.2) is 60.8 Å². The maximum atomic E-state index is 12.4. The number of hydrogen-bond acceptors (Lipinski definition) is 5. The summed E-state index contributed by atoms with van der Waals surface area (Å²) in [5, 5.41) is 6.19. The highest BCUT2D eigenvalue weighted by Crippen LogP contribution is 2.28. The molecule has 0 bridgehead atoms. The standard InChI is InChI=1S/C23H25N3O3/c1-4-17-7-5-6-8-19(17)26-22-12-10-18(15-24-22)25-23(27)14-16-9-11-20(28-2)21(13-16)29-3/h5-13,15H,4,14H2,1-3H3,(H,24,26)(H,25,27). The van der Waals surface area contributed by atoms with Crippen LogP contribution in [0, 0.1) is 0 Å². The monoisotopic (exact) mass is 391 g/mol. The number of pyridine rings is 1. The van der Waals surface area contributed by atoms with Crippen molar-refractivity contribution in [2.45, 2.75) is 19.8 Å². The number of methoxy groups -OCH3 is 2. The molecule has 0 aliphatic heterocycles. The van der Waals surface area contributed by atoms with Crippen molar-refractivity contribution in [3.05, 3.63) is 71.9 Å². The predicted molar refractivity (Wildman–Crippen MR) is 115 cm³/mol. The van der Waals surface area contributed by atoms with Gasteiger partial charge in [-0.3, -0.25) is 4.79 Å². The lowest BCUT2D eigenvalue weighted by Crippen LogP contribution is -2.14. The third-order valence-corrected chi connectivity index (χ3v) is 4.52. The second kappa shape index (κ2) is 9.59. The first kappa shape index (κ1) is 20.2. The smallest absolute Gasteiger partial charge is 0.228 e. The molecule has 1 heterocycles. The van der Waals surface area contributed by atoms with E-state index in [1.807, 2.05) is 36.4 Å². The Hall–Kier alpha value is -3.54. The fraction of sp³-hybridized carbons (Fsp3) is 0.217. The van der Waals surface area contributed by atoms with E-state index in [2.05, 4.69) is 28.6 Å². The number of ether oxygens (including phenoxy) is 2. The van der Waals surface area contributed by atoms with Crippen LogP contribution in [0.5, 0.6) is 11.5 Å². The van der Waals surface area contributed by atoms with E-state index in [4.69, 9.17) is 9.47 Å². The maximum absolute atomic E-state index is 12.4. The highest BCUT2D eigenvalue weighted by Gasteiger charge is 2.09. The summed E-state index contributed by atoms with van der Waals surface area (Å²) in [6.07, 6.45) is 2.81. The summed E-state index contributed by atoms with van der Waals surface area (Å²) in [7, 11) is 3.15. The third-order valence-electron chi connectivity index (χ3n) is 4.52. The summed E-state index contributed by atoms with van der Waals surface area (Å²) < 4.78 is 10.5. The SMILES string of the molecule is CCc1ccccc1Nc1ccc(NC(=O)Cc2ccc(OC)c(OC)c2)cn1. The molecule has 2 aromatic carbocycles. The first-order valence-corrected chi connectivity index (χ1v) is 9.44. The number of carbonyl (C=O) groups excluding carboxylic acids is 1. The minimum absolute atomic E-state index is 0.129. The lowest BCUT2D eigenvalue weighted by atomic mass is 10.1. The molecule has 0 radical (unpaired) electrons. The van der Waals surface area contributed by atoms with Gasteiger partial charge in [0.25, 0.3) is 0 Å². The number of amides is 1. The van der Waals surface area contributed by atoms with Gasteiger partial charge in [-0.2, -0.15) is 0 Å². The molecule has 0 saturated carbocycles. The van der Waals surface area contributed by atoms with Crippen molar-refractivity contribution in [2.75, 3.05) is 24.9 Å². The van der Waals surface area contributed by atoms with Gasteiger partial charge >= 0.3 is 0 Å². The van der Waals surface area contributed by atoms with Gasteiger partial charge in [0.15, 0.2) is 11.5 Å². The number of benzene rings is 2. The summed E-state index contributed by atoms with van der Waals surface area (Å²) in [4.78, 5) is 16.8. The maximum Gasteiger partial charge on any atom is 0.228 e. The Morgan fingerprint density at radius 2 is 1.79 bits per heavy atom. The van der Waals surface area contributed by atoms with Gasteiger partial charge in [0.2, 0.25) is 5.91 Å². The zero-order valence-electron chi connectivity index (χ0n) is 16.9. The van der Waals surface area contributed by atoms with E-state index in [1.165, 1.54) is 5.56 Å². The topological polar surface area (TPSA) is 72.5 Å². The highest BCUT2D eigenvalue weighted by molar-refractivity contribution is 5.92. The summed E-state index contributed by atoms with van der Waals surface area (Å²) in [6, 6.07) is 17.2. The molecule has 6 heteroatoms. The molecule has 0 fully saturated rings. The number of carbonyl (C=O) groups is 1. The number of aromatic nitrogens is 1. The van der Waals surface area contributed by atoms with Gasteiger partial charge in [-0.05, 0) is 47.9 Å². The van der Waals surface area contributed by atoms with Crippen molar-refractivity contribution < 1.29 is 14.3 Å². The lowest BCUT2D eigenvalue weighted by molar-refractivity contribution is -0.115. The number of anilines is 3. The Morgan fingerprint density at radius 3 is 2.48 bits per heavy atom. The van der Waals surface area contributed by atoms with E-state index < -0.39 is 0 Å². The van der Waals surface area contributed by atoms with Crippen LogP contribution in [0.3, 0.4) is 0 Å². The van der Waals surface area contributed by atoms with Gasteiger partial charge in [-0.15, -0.1) is 0 Å². The van der Waals surface area contributed by atoms with Crippen molar-refractivity contribution in [3.8, 4) is 11.5 Å². The quantitative estimate of drug-likeness (QED) is 0.588. The Balaban J connectivity index is 1.61. The van der Waals surface area contributed by atoms with Gasteiger partial charge in [-0.25, -0.2) is 4.98 Å². The van der Waals surface area contributed by atoms with Crippen molar-refractivity contribution in [1.82, 2.24) is 4.98 Å². The molecule has 2 N–H and O–H groups in total. The van der Waals surface area contributed by atoms with Crippen LogP contribution in [0.1, 0.15) is 18.1 Å². The molecule has 0 unspecified atom stereocenters. The summed E-state index contributed by atoms with van der Waals surface area (Å²) >= 11 is 0. The van der Waals surface area contributed by atoms with Crippen molar-refractivity contribution in [1.29, 1.82) is 0 Å². The van der Waals surface area contributed by atoms with E-state index in [9.17, 15) is 4.79 Å². The molecule has 0 aliphatic carbocycles. The van der Waals surface area contributed by atoms with Crippen LogP contribution in [0.2, 0.25) is 0 Å². The molecular weight excluding hydrogens is 366 g/mol. The molecule has 0 aliphatic rings. The molecule has 0 spiro atoms. The Labute approximate surface area is 170 Å². The predicted octanol–water partition coefficient (Wildman–Crippen LogP) is 4.59. The summed E-state index contributed by atoms with van der Waals surface area (Å²) in [6.45, 7) is 2.12. The minimum Gasteiger partial charge on any atom is -0.493 e. The van der Waals surface area contributed by atoms with Gasteiger partial charge in [0.05, 0.1) is 32.5 Å². The molecule has 0 saturated heterocycles. The normalized spacial score (nSPS) is 10.3. The van der Waals surface area contributed by atoms with Gasteiger partial charge < -0.3 is 20.1 Å². The largest absolute Gasteiger partial charge is 0.493 e. The first-order chi connectivity index (χ1) is 14.1. The van der Waals surface area contributed by atoms with E-state index in [0.717, 1.165) is 23.5 Å². The lowest BCUT2D eigenvalue weighted by Gasteiger charge is -2.11. The number of aryl methyl sites for hydroxylation is 1. The molecule has 29 heavy (non-hydrogen) atoms. The van der Waals surface area contributed by atoms with E-state index >= 15 is 0 Å². The second-order valence-electron chi connectivity index (χ2n) is 6.48. The molecule has 3 rings (SSSR count). The fourth-order valence-corrected chi connectivity index (χ4v) is 3.01. The fourth-order valence-electron chi connectivity index (χ4n) is 3.01. The second-order valence-corrected chi connectivity index (χ2v) is 6.48. The van der Waals surface area contributed by atoms with Crippen LogP contribution in [-0.2, 0) is 17.6 Å². The van der Waals surface area contributed by atoms with Crippen molar-refractivity contribution >= 4 is 23.1 Å². The number of nitrogens with zero attached hydrogens (tertiary/aromatic N) is 1. The number of rotatable bonds is 8. The molecule has 1 aromatic heterocycles. The number of hydrogen-bond donors (Lipinski definition) is 2. The number of para-hydroxylation sites is 1. The van der Waals surface area contributed by atoms with Crippen molar-refractivity contribution in [2.24, 2.45) is 0 Å². The van der Waals surface area contributed by atoms with Gasteiger partial charge in [0.1, 0.15) is 5.82 Å². The minimum atomic E-state index is -0.129. The van der Waals surface area contributed by atoms with Crippen LogP contribution >= 0.6 is 0 Å². The zero-order valence-corrected chi connectivity index (χ0v) is 16.9. The van der Waals surface area contributed by atoms with Crippen LogP contribution in [0.4, 0.5) is 17.2 Å². The molecule has 6 nitrogen and oxygen atoms in total. The van der Waals surface area contributed by atoms with Crippen LogP contribution < -0.4 is 20.1 Å². The van der Waals surface area contributed by atoms with E-state index in [-0.39, 0.29) is 12.3 Å². The molecular formula is C23H25N3O3. The number of nitrogens with one attached hydrogen (secondary N) is 2. The van der Waals surface area contributed by atoms with E-state index in [1.54, 1.807) is 32.5 Å². The van der Waals surface area contributed by atoms with Crippen LogP contribution in [-0.4, -0.2) is 25.1 Å². The van der Waals surface area contributed by atoms with Crippen LogP contribution in [0.25, 0.3) is 0 Å². The Morgan fingerprint density at radius 1 is 1.00 bits per heavy atom. The average Bonchev–Trinajstić information content (AvgIpc) is 2.75. The summed E-state index contributed by atoms with van der Waals surface area (Å²) in [5.41, 5.74) is 3.74. The Kier molecular flexibility index (Phi) is 6.68. The highest BCUT2D eigenvalue weighted by atomic mass is 16.5. The van der Waals surface area contributed by atoms with Gasteiger partial charge in [0, 0.05) is 5.69 Å². The average molecular weight is 391 g/mol. The zero-order chi connectivity index (χ0) is 20.6. The Bertz CT molecular complexity index is 971. The molecule has 3 aromatic rings. The van der Waals surface area contributed by atoms with Crippen molar-refractivity contribution in [3.63, 3.8) is 0 Å². The first-order valence-electron chi connectivity index (χ1n) is 9.44.